The van der Waals surface area contributed by atoms with E-state index in [-0.39, 0.29) is 0 Å². The lowest BCUT2D eigenvalue weighted by Crippen LogP contribution is -2.41. The summed E-state index contributed by atoms with van der Waals surface area (Å²) < 4.78 is 0. The first-order valence-corrected chi connectivity index (χ1v) is 5.31. The Labute approximate surface area is 56.3 Å². The van der Waals surface area contributed by atoms with Crippen LogP contribution >= 0.6 is 0 Å². The third-order valence-electron chi connectivity index (χ3n) is 1.24. The number of aliphatic hydroxyl groups excluding tert-OH is 1. The Morgan fingerprint density at radius 2 is 2.00 bits per heavy atom. The molecule has 0 amide bonds. The van der Waals surface area contributed by atoms with E-state index in [1.54, 1.807) is 6.55 Å². The first-order valence-electron chi connectivity index (χ1n) is 2.71. The molecule has 0 aromatic heterocycles. The highest BCUT2D eigenvalue weighted by Gasteiger charge is 2.27. The van der Waals surface area contributed by atoms with Crippen molar-refractivity contribution in [2.24, 2.45) is 0 Å². The highest BCUT2D eigenvalue weighted by molar-refractivity contribution is 6.77. The van der Waals surface area contributed by atoms with Crippen LogP contribution in [0.1, 0.15) is 0 Å². The predicted octanol–water partition coefficient (Wildman–Crippen LogP) is 0.365. The van der Waals surface area contributed by atoms with Crippen LogP contribution in [-0.2, 0) is 0 Å². The predicted molar refractivity (Wildman–Crippen MR) is 40.2 cm³/mol. The number of hydrogen-bond donors (Lipinski definition) is 2. The summed E-state index contributed by atoms with van der Waals surface area (Å²) in [5, 5.41) is 9.01. The van der Waals surface area contributed by atoms with E-state index in [0.29, 0.717) is 0 Å². The van der Waals surface area contributed by atoms with Crippen molar-refractivity contribution < 1.29 is 9.90 Å². The quantitative estimate of drug-likeness (QED) is 0.443. The zero-order chi connectivity index (χ0) is 7.49. The fourth-order valence-electron chi connectivity index (χ4n) is 0.359. The van der Waals surface area contributed by atoms with Gasteiger partial charge in [0.2, 0.25) is 8.32 Å². The Balaban J connectivity index is 4.11. The second kappa shape index (κ2) is 2.96. The van der Waals surface area contributed by atoms with Crippen LogP contribution in [0.15, 0.2) is 24.9 Å². The van der Waals surface area contributed by atoms with Gasteiger partial charge in [0.1, 0.15) is 0 Å². The average molecular weight is 144 g/mol. The molecule has 52 valence electrons. The maximum Gasteiger partial charge on any atom is 0.241 e. The second-order valence-electron chi connectivity index (χ2n) is 2.11. The zero-order valence-corrected chi connectivity index (χ0v) is 6.54. The second-order valence-corrected chi connectivity index (χ2v) is 5.56. The summed E-state index contributed by atoms with van der Waals surface area (Å²) >= 11 is 0. The monoisotopic (exact) mass is 144 g/mol. The maximum atomic E-state index is 9.29. The molecule has 0 fully saturated rings. The molecule has 0 saturated heterocycles. The van der Waals surface area contributed by atoms with Crippen molar-refractivity contribution in [2.75, 3.05) is 0 Å². The van der Waals surface area contributed by atoms with E-state index in [1.165, 1.54) is 11.8 Å². The lowest BCUT2D eigenvalue weighted by atomic mass is 10.7. The maximum absolute atomic E-state index is 9.29. The first-order chi connectivity index (χ1) is 4.04. The topological polar surface area (TPSA) is 40.5 Å². The SMILES string of the molecule is C=CC(O)[Si](C)(O)C=C. The van der Waals surface area contributed by atoms with E-state index in [2.05, 4.69) is 13.2 Å². The van der Waals surface area contributed by atoms with Crippen LogP contribution in [0.2, 0.25) is 6.55 Å². The molecule has 0 aliphatic carbocycles. The minimum atomic E-state index is -2.58. The van der Waals surface area contributed by atoms with Crippen LogP contribution in [0.4, 0.5) is 0 Å². The van der Waals surface area contributed by atoms with E-state index in [0.717, 1.165) is 0 Å². The van der Waals surface area contributed by atoms with Gasteiger partial charge in [-0.2, -0.15) is 0 Å². The summed E-state index contributed by atoms with van der Waals surface area (Å²) in [6.07, 6.45) is 1.33. The molecule has 0 saturated carbocycles. The number of hydrogen-bond acceptors (Lipinski definition) is 2. The molecule has 2 nitrogen and oxygen atoms in total. The molecule has 0 rings (SSSR count). The third-order valence-corrected chi connectivity index (χ3v) is 3.50. The van der Waals surface area contributed by atoms with Crippen LogP contribution in [0.5, 0.6) is 0 Å². The van der Waals surface area contributed by atoms with Crippen molar-refractivity contribution in [3.8, 4) is 0 Å². The highest BCUT2D eigenvalue weighted by Crippen LogP contribution is 2.05. The Morgan fingerprint density at radius 1 is 1.56 bits per heavy atom. The van der Waals surface area contributed by atoms with E-state index >= 15 is 0 Å². The Hall–Kier alpha value is -0.383. The lowest BCUT2D eigenvalue weighted by molar-refractivity contribution is 0.268. The van der Waals surface area contributed by atoms with Gasteiger partial charge in [0, 0.05) is 0 Å². The molecule has 9 heavy (non-hydrogen) atoms. The third kappa shape index (κ3) is 2.13. The fraction of sp³-hybridized carbons (Fsp3) is 0.333. The minimum absolute atomic E-state index is 0.796. The van der Waals surface area contributed by atoms with Gasteiger partial charge < -0.3 is 9.90 Å². The Bertz CT molecular complexity index is 120. The minimum Gasteiger partial charge on any atom is -0.426 e. The van der Waals surface area contributed by atoms with Crippen molar-refractivity contribution >= 4 is 8.32 Å². The smallest absolute Gasteiger partial charge is 0.241 e. The van der Waals surface area contributed by atoms with Gasteiger partial charge in [0.15, 0.2) is 0 Å². The first kappa shape index (κ1) is 8.62. The molecule has 0 bridgehead atoms. The van der Waals surface area contributed by atoms with Crippen molar-refractivity contribution in [1.82, 2.24) is 0 Å². The summed E-state index contributed by atoms with van der Waals surface area (Å²) in [5.41, 5.74) is 0.620. The molecule has 0 heterocycles. The summed E-state index contributed by atoms with van der Waals surface area (Å²) in [5.74, 6) is 0. The highest BCUT2D eigenvalue weighted by atomic mass is 28.4. The van der Waals surface area contributed by atoms with Gasteiger partial charge in [-0.3, -0.25) is 0 Å². The fourth-order valence-corrected chi connectivity index (χ4v) is 1.08. The van der Waals surface area contributed by atoms with Crippen LogP contribution in [0, 0.1) is 0 Å². The van der Waals surface area contributed by atoms with Crippen molar-refractivity contribution in [3.05, 3.63) is 24.9 Å². The molecule has 0 aromatic carbocycles. The molecule has 0 aliphatic rings. The van der Waals surface area contributed by atoms with Crippen LogP contribution < -0.4 is 0 Å². The van der Waals surface area contributed by atoms with Crippen LogP contribution in [0.25, 0.3) is 0 Å². The van der Waals surface area contributed by atoms with Gasteiger partial charge >= 0.3 is 0 Å². The summed E-state index contributed by atoms with van der Waals surface area (Å²) in [7, 11) is -2.58. The van der Waals surface area contributed by atoms with E-state index < -0.39 is 14.0 Å². The average Bonchev–Trinajstić information content (AvgIpc) is 1.86. The van der Waals surface area contributed by atoms with Crippen molar-refractivity contribution in [1.29, 1.82) is 0 Å². The van der Waals surface area contributed by atoms with Gasteiger partial charge in [0.25, 0.3) is 0 Å². The molecule has 2 unspecified atom stereocenters. The molecule has 0 spiro atoms. The van der Waals surface area contributed by atoms with E-state index in [9.17, 15) is 4.80 Å². The number of aliphatic hydroxyl groups is 1. The van der Waals surface area contributed by atoms with E-state index in [1.807, 2.05) is 0 Å². The molecule has 3 heteroatoms. The van der Waals surface area contributed by atoms with E-state index in [4.69, 9.17) is 5.11 Å². The van der Waals surface area contributed by atoms with Gasteiger partial charge in [-0.1, -0.05) is 11.8 Å². The van der Waals surface area contributed by atoms with Gasteiger partial charge in [-0.05, 0) is 6.55 Å². The van der Waals surface area contributed by atoms with Gasteiger partial charge in [0.05, 0.1) is 5.73 Å². The molecule has 2 atom stereocenters. The molecule has 2 N–H and O–H groups in total. The standard InChI is InChI=1S/C6H12O2Si/c1-4-6(7)9(3,8)5-2/h4-8H,1-2H2,3H3. The lowest BCUT2D eigenvalue weighted by Gasteiger charge is -2.18. The van der Waals surface area contributed by atoms with Crippen LogP contribution in [-0.4, -0.2) is 23.9 Å². The summed E-state index contributed by atoms with van der Waals surface area (Å²) in [6.45, 7) is 8.36. The van der Waals surface area contributed by atoms with Crippen molar-refractivity contribution in [2.45, 2.75) is 12.3 Å². The normalized spacial score (nSPS) is 19.9. The molecule has 0 aromatic rings. The summed E-state index contributed by atoms with van der Waals surface area (Å²) in [4.78, 5) is 9.29. The zero-order valence-electron chi connectivity index (χ0n) is 5.54. The van der Waals surface area contributed by atoms with Crippen molar-refractivity contribution in [3.63, 3.8) is 0 Å². The molecule has 0 radical (unpaired) electrons. The summed E-state index contributed by atoms with van der Waals surface area (Å²) in [6, 6.07) is 0. The Kier molecular flexibility index (Phi) is 2.83. The number of rotatable bonds is 3. The largest absolute Gasteiger partial charge is 0.426 e. The van der Waals surface area contributed by atoms with Crippen LogP contribution in [0.3, 0.4) is 0 Å². The molecule has 0 aliphatic heterocycles. The van der Waals surface area contributed by atoms with Gasteiger partial charge in [-0.15, -0.1) is 13.2 Å². The molecular formula is C6H12O2Si. The van der Waals surface area contributed by atoms with Gasteiger partial charge in [-0.25, -0.2) is 0 Å². The Morgan fingerprint density at radius 3 is 2.11 bits per heavy atom. The molecular weight excluding hydrogens is 132 g/mol.